The average Bonchev–Trinajstić information content (AvgIpc) is 2.87. The van der Waals surface area contributed by atoms with Crippen molar-refractivity contribution in [3.8, 4) is 5.75 Å². The van der Waals surface area contributed by atoms with E-state index in [0.29, 0.717) is 0 Å². The van der Waals surface area contributed by atoms with Crippen molar-refractivity contribution >= 4 is 15.9 Å². The second-order valence-electron chi connectivity index (χ2n) is 3.87. The van der Waals surface area contributed by atoms with Crippen molar-refractivity contribution < 1.29 is 9.84 Å². The summed E-state index contributed by atoms with van der Waals surface area (Å²) in [5, 5.41) is 9.76. The van der Waals surface area contributed by atoms with Crippen LogP contribution in [0.5, 0.6) is 5.75 Å². The number of methoxy groups -OCH3 is 1. The molecule has 0 bridgehead atoms. The largest absolute Gasteiger partial charge is 0.496 e. The van der Waals surface area contributed by atoms with E-state index in [0.717, 1.165) is 35.0 Å². The maximum Gasteiger partial charge on any atom is 0.133 e. The summed E-state index contributed by atoms with van der Waals surface area (Å²) >= 11 is 3.40. The van der Waals surface area contributed by atoms with Crippen molar-refractivity contribution in [1.29, 1.82) is 0 Å². The Bertz CT molecular complexity index is 345. The first-order chi connectivity index (χ1) is 6.63. The van der Waals surface area contributed by atoms with Gasteiger partial charge in [-0.3, -0.25) is 0 Å². The fourth-order valence-electron chi connectivity index (χ4n) is 1.52. The molecule has 0 amide bonds. The van der Waals surface area contributed by atoms with Gasteiger partial charge in [-0.25, -0.2) is 0 Å². The first-order valence-electron chi connectivity index (χ1n) is 4.68. The fourth-order valence-corrected chi connectivity index (χ4v) is 1.92. The molecule has 14 heavy (non-hydrogen) atoms. The molecule has 0 heterocycles. The molecule has 2 rings (SSSR count). The van der Waals surface area contributed by atoms with Gasteiger partial charge in [-0.2, -0.15) is 0 Å². The van der Waals surface area contributed by atoms with Gasteiger partial charge in [-0.05, 0) is 46.5 Å². The number of benzene rings is 1. The molecular formula is C11H13BrO2. The molecule has 1 saturated carbocycles. The van der Waals surface area contributed by atoms with E-state index >= 15 is 0 Å². The summed E-state index contributed by atoms with van der Waals surface area (Å²) in [4.78, 5) is 0. The summed E-state index contributed by atoms with van der Waals surface area (Å²) in [5.74, 6) is 0.826. The molecule has 0 atom stereocenters. The van der Waals surface area contributed by atoms with Crippen molar-refractivity contribution in [2.45, 2.75) is 24.9 Å². The summed E-state index contributed by atoms with van der Waals surface area (Å²) in [6, 6.07) is 5.95. The molecule has 1 N–H and O–H groups in total. The Balaban J connectivity index is 2.18. The smallest absolute Gasteiger partial charge is 0.133 e. The Labute approximate surface area is 92.0 Å². The molecule has 1 aliphatic rings. The zero-order valence-corrected chi connectivity index (χ0v) is 9.67. The molecule has 0 aliphatic heterocycles. The number of ether oxygens (including phenoxy) is 1. The van der Waals surface area contributed by atoms with Crippen LogP contribution in [0.4, 0.5) is 0 Å². The first-order valence-corrected chi connectivity index (χ1v) is 5.47. The number of halogens is 1. The highest BCUT2D eigenvalue weighted by atomic mass is 79.9. The topological polar surface area (TPSA) is 29.5 Å². The Hall–Kier alpha value is -0.540. The van der Waals surface area contributed by atoms with Crippen LogP contribution in [0.15, 0.2) is 22.7 Å². The minimum atomic E-state index is -0.432. The molecule has 1 aromatic rings. The standard InChI is InChI=1S/C11H13BrO2/c1-14-10-6-8(2-3-9(10)12)7-11(13)4-5-11/h2-3,6,13H,4-5,7H2,1H3. The highest BCUT2D eigenvalue weighted by Gasteiger charge is 2.40. The lowest BCUT2D eigenvalue weighted by molar-refractivity contribution is 0.151. The zero-order chi connectivity index (χ0) is 10.2. The van der Waals surface area contributed by atoms with Gasteiger partial charge in [0.1, 0.15) is 5.75 Å². The lowest BCUT2D eigenvalue weighted by atomic mass is 10.1. The summed E-state index contributed by atoms with van der Waals surface area (Å²) in [6.45, 7) is 0. The molecule has 1 aliphatic carbocycles. The van der Waals surface area contributed by atoms with E-state index in [4.69, 9.17) is 4.74 Å². The van der Waals surface area contributed by atoms with Crippen molar-refractivity contribution in [3.05, 3.63) is 28.2 Å². The molecule has 1 aromatic carbocycles. The Morgan fingerprint density at radius 2 is 2.21 bits per heavy atom. The van der Waals surface area contributed by atoms with Crippen LogP contribution in [-0.2, 0) is 6.42 Å². The van der Waals surface area contributed by atoms with Crippen LogP contribution in [0.1, 0.15) is 18.4 Å². The van der Waals surface area contributed by atoms with Crippen LogP contribution in [0.25, 0.3) is 0 Å². The molecule has 76 valence electrons. The lowest BCUT2D eigenvalue weighted by Crippen LogP contribution is -2.10. The van der Waals surface area contributed by atoms with Crippen LogP contribution in [0.2, 0.25) is 0 Å². The molecule has 1 fully saturated rings. The van der Waals surface area contributed by atoms with Gasteiger partial charge in [0.25, 0.3) is 0 Å². The molecule has 0 unspecified atom stereocenters. The van der Waals surface area contributed by atoms with E-state index in [9.17, 15) is 5.11 Å². The van der Waals surface area contributed by atoms with Gasteiger partial charge in [-0.15, -0.1) is 0 Å². The normalized spacial score (nSPS) is 17.9. The van der Waals surface area contributed by atoms with E-state index in [-0.39, 0.29) is 0 Å². The second kappa shape index (κ2) is 3.55. The van der Waals surface area contributed by atoms with Crippen molar-refractivity contribution in [2.75, 3.05) is 7.11 Å². The Morgan fingerprint density at radius 1 is 1.50 bits per heavy atom. The first kappa shape index (κ1) is 9.99. The number of rotatable bonds is 3. The molecule has 0 radical (unpaired) electrons. The molecule has 3 heteroatoms. The quantitative estimate of drug-likeness (QED) is 0.901. The Morgan fingerprint density at radius 3 is 2.79 bits per heavy atom. The average molecular weight is 257 g/mol. The third kappa shape index (κ3) is 2.10. The van der Waals surface area contributed by atoms with Gasteiger partial charge >= 0.3 is 0 Å². The molecular weight excluding hydrogens is 244 g/mol. The van der Waals surface area contributed by atoms with Gasteiger partial charge in [0.2, 0.25) is 0 Å². The Kier molecular flexibility index (Phi) is 2.54. The van der Waals surface area contributed by atoms with Crippen LogP contribution in [0, 0.1) is 0 Å². The minimum Gasteiger partial charge on any atom is -0.496 e. The lowest BCUT2D eigenvalue weighted by Gasteiger charge is -2.09. The van der Waals surface area contributed by atoms with Gasteiger partial charge in [0.05, 0.1) is 17.2 Å². The predicted molar refractivity (Wildman–Crippen MR) is 58.6 cm³/mol. The highest BCUT2D eigenvalue weighted by molar-refractivity contribution is 9.10. The highest BCUT2D eigenvalue weighted by Crippen LogP contribution is 2.39. The van der Waals surface area contributed by atoms with Gasteiger partial charge < -0.3 is 9.84 Å². The summed E-state index contributed by atoms with van der Waals surface area (Å²) < 4.78 is 6.14. The summed E-state index contributed by atoms with van der Waals surface area (Å²) in [7, 11) is 1.65. The SMILES string of the molecule is COc1cc(CC2(O)CC2)ccc1Br. The van der Waals surface area contributed by atoms with Crippen LogP contribution in [-0.4, -0.2) is 17.8 Å². The molecule has 0 saturated heterocycles. The maximum atomic E-state index is 9.76. The molecule has 0 spiro atoms. The second-order valence-corrected chi connectivity index (χ2v) is 4.72. The third-order valence-electron chi connectivity index (χ3n) is 2.58. The van der Waals surface area contributed by atoms with Gasteiger partial charge in [0.15, 0.2) is 0 Å². The third-order valence-corrected chi connectivity index (χ3v) is 3.23. The van der Waals surface area contributed by atoms with Crippen LogP contribution < -0.4 is 4.74 Å². The monoisotopic (exact) mass is 256 g/mol. The summed E-state index contributed by atoms with van der Waals surface area (Å²) in [5.41, 5.74) is 0.698. The van der Waals surface area contributed by atoms with Gasteiger partial charge in [0, 0.05) is 6.42 Å². The summed E-state index contributed by atoms with van der Waals surface area (Å²) in [6.07, 6.45) is 2.58. The predicted octanol–water partition coefficient (Wildman–Crippen LogP) is 2.53. The van der Waals surface area contributed by atoms with E-state index in [2.05, 4.69) is 15.9 Å². The van der Waals surface area contributed by atoms with Crippen molar-refractivity contribution in [3.63, 3.8) is 0 Å². The van der Waals surface area contributed by atoms with E-state index < -0.39 is 5.60 Å². The number of aliphatic hydroxyl groups is 1. The van der Waals surface area contributed by atoms with E-state index in [1.54, 1.807) is 7.11 Å². The fraction of sp³-hybridized carbons (Fsp3) is 0.455. The van der Waals surface area contributed by atoms with Crippen LogP contribution >= 0.6 is 15.9 Å². The molecule has 2 nitrogen and oxygen atoms in total. The zero-order valence-electron chi connectivity index (χ0n) is 8.09. The van der Waals surface area contributed by atoms with Gasteiger partial charge in [-0.1, -0.05) is 6.07 Å². The van der Waals surface area contributed by atoms with Crippen molar-refractivity contribution in [1.82, 2.24) is 0 Å². The number of hydrogen-bond donors (Lipinski definition) is 1. The molecule has 0 aromatic heterocycles. The van der Waals surface area contributed by atoms with E-state index in [1.807, 2.05) is 18.2 Å². The maximum absolute atomic E-state index is 9.76. The van der Waals surface area contributed by atoms with Crippen molar-refractivity contribution in [2.24, 2.45) is 0 Å². The minimum absolute atomic E-state index is 0.432. The van der Waals surface area contributed by atoms with Crippen LogP contribution in [0.3, 0.4) is 0 Å². The van der Waals surface area contributed by atoms with E-state index in [1.165, 1.54) is 0 Å². The number of hydrogen-bond acceptors (Lipinski definition) is 2.